The first-order valence-corrected chi connectivity index (χ1v) is 3.60. The summed E-state index contributed by atoms with van der Waals surface area (Å²) in [7, 11) is 0. The van der Waals surface area contributed by atoms with Crippen LogP contribution in [0.5, 0.6) is 5.88 Å². The van der Waals surface area contributed by atoms with E-state index < -0.39 is 12.8 Å². The van der Waals surface area contributed by atoms with Crippen molar-refractivity contribution in [3.63, 3.8) is 0 Å². The minimum atomic E-state index is -4.39. The molecule has 0 fully saturated rings. The van der Waals surface area contributed by atoms with E-state index in [4.69, 9.17) is 11.5 Å². The molecule has 4 N–H and O–H groups in total. The molecule has 0 aliphatic rings. The van der Waals surface area contributed by atoms with Gasteiger partial charge in [0, 0.05) is 6.07 Å². The van der Waals surface area contributed by atoms with Crippen LogP contribution in [0.25, 0.3) is 0 Å². The molecule has 7 heteroatoms. The van der Waals surface area contributed by atoms with Crippen LogP contribution >= 0.6 is 0 Å². The lowest BCUT2D eigenvalue weighted by molar-refractivity contribution is -0.154. The molecular weight excluding hydrogens is 199 g/mol. The summed E-state index contributed by atoms with van der Waals surface area (Å²) in [5, 5.41) is 0. The lowest BCUT2D eigenvalue weighted by atomic mass is 10.4. The Bertz CT molecular complexity index is 326. The summed E-state index contributed by atoms with van der Waals surface area (Å²) in [6.07, 6.45) is -4.39. The molecule has 0 aliphatic heterocycles. The number of aromatic nitrogens is 1. The largest absolute Gasteiger partial charge is 0.468 e. The highest BCUT2D eigenvalue weighted by molar-refractivity contribution is 5.58. The molecule has 4 nitrogen and oxygen atoms in total. The standard InChI is InChI=1S/C7H8F3N3O/c8-7(9,10)3-14-5-2-1-4(11)6(12)13-5/h1-2H,3,11H2,(H2,12,13). The van der Waals surface area contributed by atoms with E-state index in [1.807, 2.05) is 0 Å². The minimum absolute atomic E-state index is 0.0512. The number of nitrogens with zero attached hydrogens (tertiary/aromatic N) is 1. The van der Waals surface area contributed by atoms with E-state index in [1.165, 1.54) is 12.1 Å². The van der Waals surface area contributed by atoms with Gasteiger partial charge < -0.3 is 16.2 Å². The number of nitrogen functional groups attached to an aromatic ring is 2. The summed E-state index contributed by atoms with van der Waals surface area (Å²) >= 11 is 0. The Morgan fingerprint density at radius 1 is 1.29 bits per heavy atom. The first-order valence-electron chi connectivity index (χ1n) is 3.60. The minimum Gasteiger partial charge on any atom is -0.468 e. The van der Waals surface area contributed by atoms with Crippen LogP contribution in [0, 0.1) is 0 Å². The van der Waals surface area contributed by atoms with E-state index in [0.717, 1.165) is 0 Å². The van der Waals surface area contributed by atoms with Crippen LogP contribution in [0.1, 0.15) is 0 Å². The Labute approximate surface area is 77.7 Å². The van der Waals surface area contributed by atoms with Crippen molar-refractivity contribution in [2.45, 2.75) is 6.18 Å². The highest BCUT2D eigenvalue weighted by atomic mass is 19.4. The Hall–Kier alpha value is -1.66. The fraction of sp³-hybridized carbons (Fsp3) is 0.286. The third-order valence-electron chi connectivity index (χ3n) is 1.32. The number of pyridine rings is 1. The van der Waals surface area contributed by atoms with Crippen molar-refractivity contribution in [1.82, 2.24) is 4.98 Å². The highest BCUT2D eigenvalue weighted by Gasteiger charge is 2.28. The molecule has 0 saturated heterocycles. The van der Waals surface area contributed by atoms with E-state index in [1.54, 1.807) is 0 Å². The Morgan fingerprint density at radius 3 is 2.43 bits per heavy atom. The zero-order valence-corrected chi connectivity index (χ0v) is 7.01. The molecule has 0 aromatic carbocycles. The van der Waals surface area contributed by atoms with Gasteiger partial charge in [0.05, 0.1) is 5.69 Å². The van der Waals surface area contributed by atoms with Crippen molar-refractivity contribution < 1.29 is 17.9 Å². The van der Waals surface area contributed by atoms with Crippen molar-refractivity contribution in [1.29, 1.82) is 0 Å². The summed E-state index contributed by atoms with van der Waals surface area (Å²) in [6.45, 7) is -1.40. The van der Waals surface area contributed by atoms with Gasteiger partial charge in [0.1, 0.15) is 0 Å². The van der Waals surface area contributed by atoms with Crippen molar-refractivity contribution in [2.24, 2.45) is 0 Å². The van der Waals surface area contributed by atoms with E-state index in [9.17, 15) is 13.2 Å². The van der Waals surface area contributed by atoms with Gasteiger partial charge in [-0.05, 0) is 6.07 Å². The SMILES string of the molecule is Nc1ccc(OCC(F)(F)F)nc1N. The lowest BCUT2D eigenvalue weighted by Gasteiger charge is -2.08. The van der Waals surface area contributed by atoms with Crippen LogP contribution in [-0.2, 0) is 0 Å². The van der Waals surface area contributed by atoms with Gasteiger partial charge in [-0.2, -0.15) is 18.2 Å². The van der Waals surface area contributed by atoms with Gasteiger partial charge in [0.15, 0.2) is 12.4 Å². The maximum absolute atomic E-state index is 11.7. The van der Waals surface area contributed by atoms with Crippen molar-refractivity contribution >= 4 is 11.5 Å². The van der Waals surface area contributed by atoms with Crippen molar-refractivity contribution in [2.75, 3.05) is 18.1 Å². The molecule has 0 aliphatic carbocycles. The maximum atomic E-state index is 11.7. The van der Waals surface area contributed by atoms with E-state index >= 15 is 0 Å². The molecular formula is C7H8F3N3O. The second kappa shape index (κ2) is 3.60. The smallest absolute Gasteiger partial charge is 0.422 e. The molecule has 0 amide bonds. The molecule has 0 radical (unpaired) electrons. The fourth-order valence-corrected chi connectivity index (χ4v) is 0.703. The van der Waals surface area contributed by atoms with Crippen LogP contribution < -0.4 is 16.2 Å². The van der Waals surface area contributed by atoms with E-state index in [-0.39, 0.29) is 17.4 Å². The number of ether oxygens (including phenoxy) is 1. The van der Waals surface area contributed by atoms with Gasteiger partial charge in [0.2, 0.25) is 5.88 Å². The average Bonchev–Trinajstić information content (AvgIpc) is 2.06. The Kier molecular flexibility index (Phi) is 2.68. The molecule has 1 aromatic heterocycles. The quantitative estimate of drug-likeness (QED) is 0.763. The first kappa shape index (κ1) is 10.4. The van der Waals surface area contributed by atoms with E-state index in [2.05, 4.69) is 9.72 Å². The Morgan fingerprint density at radius 2 is 1.93 bits per heavy atom. The number of hydrogen-bond acceptors (Lipinski definition) is 4. The third kappa shape index (κ3) is 3.00. The summed E-state index contributed by atoms with van der Waals surface area (Å²) in [5.41, 5.74) is 10.8. The molecule has 0 bridgehead atoms. The summed E-state index contributed by atoms with van der Waals surface area (Å²) < 4.78 is 39.5. The predicted octanol–water partition coefficient (Wildman–Crippen LogP) is 1.19. The van der Waals surface area contributed by atoms with Gasteiger partial charge >= 0.3 is 6.18 Å². The fourth-order valence-electron chi connectivity index (χ4n) is 0.703. The molecule has 0 unspecified atom stereocenters. The number of alkyl halides is 3. The molecule has 1 rings (SSSR count). The number of rotatable bonds is 2. The van der Waals surface area contributed by atoms with Gasteiger partial charge in [-0.3, -0.25) is 0 Å². The van der Waals surface area contributed by atoms with Crippen LogP contribution in [-0.4, -0.2) is 17.8 Å². The molecule has 1 heterocycles. The monoisotopic (exact) mass is 207 g/mol. The molecule has 14 heavy (non-hydrogen) atoms. The van der Waals surface area contributed by atoms with Crippen LogP contribution in [0.15, 0.2) is 12.1 Å². The van der Waals surface area contributed by atoms with E-state index in [0.29, 0.717) is 0 Å². The summed E-state index contributed by atoms with van der Waals surface area (Å²) in [4.78, 5) is 3.51. The van der Waals surface area contributed by atoms with Crippen LogP contribution in [0.2, 0.25) is 0 Å². The normalized spacial score (nSPS) is 11.4. The second-order valence-electron chi connectivity index (χ2n) is 2.53. The van der Waals surface area contributed by atoms with Gasteiger partial charge in [-0.15, -0.1) is 0 Å². The summed E-state index contributed by atoms with van der Waals surface area (Å²) in [5.74, 6) is -0.251. The van der Waals surface area contributed by atoms with Gasteiger partial charge in [-0.25, -0.2) is 0 Å². The molecule has 1 aromatic rings. The Balaban J connectivity index is 2.65. The number of halogens is 3. The van der Waals surface area contributed by atoms with Gasteiger partial charge in [-0.1, -0.05) is 0 Å². The van der Waals surface area contributed by atoms with Crippen molar-refractivity contribution in [3.8, 4) is 5.88 Å². The lowest BCUT2D eigenvalue weighted by Crippen LogP contribution is -2.19. The molecule has 78 valence electrons. The molecule has 0 saturated carbocycles. The van der Waals surface area contributed by atoms with Crippen molar-refractivity contribution in [3.05, 3.63) is 12.1 Å². The molecule has 0 spiro atoms. The summed E-state index contributed by atoms with van der Waals surface area (Å²) in [6, 6.07) is 2.55. The topological polar surface area (TPSA) is 74.2 Å². The van der Waals surface area contributed by atoms with Gasteiger partial charge in [0.25, 0.3) is 0 Å². The zero-order chi connectivity index (χ0) is 10.8. The average molecular weight is 207 g/mol. The number of anilines is 2. The number of nitrogens with two attached hydrogens (primary N) is 2. The predicted molar refractivity (Wildman–Crippen MR) is 44.6 cm³/mol. The second-order valence-corrected chi connectivity index (χ2v) is 2.53. The molecule has 0 atom stereocenters. The zero-order valence-electron chi connectivity index (χ0n) is 7.01. The highest BCUT2D eigenvalue weighted by Crippen LogP contribution is 2.19. The third-order valence-corrected chi connectivity index (χ3v) is 1.32. The number of hydrogen-bond donors (Lipinski definition) is 2. The van der Waals surface area contributed by atoms with Crippen LogP contribution in [0.4, 0.5) is 24.7 Å². The maximum Gasteiger partial charge on any atom is 0.422 e. The van der Waals surface area contributed by atoms with Crippen LogP contribution in [0.3, 0.4) is 0 Å². The first-order chi connectivity index (χ1) is 6.38.